The van der Waals surface area contributed by atoms with E-state index in [1.54, 1.807) is 26.4 Å². The molecule has 1 aliphatic rings. The molecule has 0 aliphatic carbocycles. The summed E-state index contributed by atoms with van der Waals surface area (Å²) in [6.07, 6.45) is 2.61. The van der Waals surface area contributed by atoms with Crippen molar-refractivity contribution in [3.05, 3.63) is 41.2 Å². The number of aromatic nitrogens is 4. The molecule has 1 aliphatic heterocycles. The Morgan fingerprint density at radius 3 is 2.70 bits per heavy atom. The van der Waals surface area contributed by atoms with E-state index in [1.807, 2.05) is 12.1 Å². The smallest absolute Gasteiger partial charge is 0.328 e. The van der Waals surface area contributed by atoms with Crippen LogP contribution in [0.1, 0.15) is 34.5 Å². The van der Waals surface area contributed by atoms with Crippen LogP contribution in [-0.2, 0) is 27.3 Å². The van der Waals surface area contributed by atoms with E-state index >= 15 is 0 Å². The minimum absolute atomic E-state index is 0.0420. The van der Waals surface area contributed by atoms with Gasteiger partial charge in [0.1, 0.15) is 6.04 Å². The van der Waals surface area contributed by atoms with Crippen molar-refractivity contribution in [3.8, 4) is 0 Å². The molecule has 0 fully saturated rings. The van der Waals surface area contributed by atoms with Gasteiger partial charge < -0.3 is 31.3 Å². The summed E-state index contributed by atoms with van der Waals surface area (Å²) in [6.45, 7) is 1.21. The summed E-state index contributed by atoms with van der Waals surface area (Å²) in [7, 11) is 4.51. The topological polar surface area (TPSA) is 183 Å². The van der Waals surface area contributed by atoms with Crippen LogP contribution in [0, 0.1) is 0 Å². The molecule has 0 saturated carbocycles. The van der Waals surface area contributed by atoms with E-state index in [0.29, 0.717) is 29.0 Å². The van der Waals surface area contributed by atoms with Gasteiger partial charge in [-0.15, -0.1) is 0 Å². The normalized spacial score (nSPS) is 13.2. The molecule has 0 spiro atoms. The van der Waals surface area contributed by atoms with Gasteiger partial charge in [0.15, 0.2) is 17.0 Å². The number of nitrogens with one attached hydrogen (secondary N) is 1. The standard InChI is InChI=1S/C24H29N9O4/c1-32(2)18(34)7-5-16(23(36)37-3)29-22(35)14-4-6-17-13(10-14)8-9-33(17)12-15-11-27-21-19(28-15)20(25)30-24(26)31-21/h4,6,10-11,16H,5,7-9,12H2,1-3H3,(H,29,35)(H4,25,26,27,30,31)/t16-/m0/s1. The molecule has 2 amide bonds. The first-order valence-corrected chi connectivity index (χ1v) is 11.7. The number of hydrogen-bond donors (Lipinski definition) is 3. The third kappa shape index (κ3) is 5.66. The van der Waals surface area contributed by atoms with Gasteiger partial charge in [0.25, 0.3) is 5.91 Å². The number of nitrogens with two attached hydrogens (primary N) is 2. The maximum absolute atomic E-state index is 12.9. The summed E-state index contributed by atoms with van der Waals surface area (Å²) in [5.74, 6) is -0.941. The highest BCUT2D eigenvalue weighted by atomic mass is 16.5. The molecule has 1 aromatic carbocycles. The van der Waals surface area contributed by atoms with E-state index in [4.69, 9.17) is 16.2 Å². The Labute approximate surface area is 213 Å². The molecule has 194 valence electrons. The molecule has 2 aromatic heterocycles. The highest BCUT2D eigenvalue weighted by Gasteiger charge is 2.26. The second kappa shape index (κ2) is 10.6. The largest absolute Gasteiger partial charge is 0.467 e. The molecule has 3 heterocycles. The van der Waals surface area contributed by atoms with Crippen LogP contribution >= 0.6 is 0 Å². The zero-order valence-electron chi connectivity index (χ0n) is 20.9. The van der Waals surface area contributed by atoms with Crippen LogP contribution in [0.3, 0.4) is 0 Å². The number of nitrogen functional groups attached to an aromatic ring is 2. The Hall–Kier alpha value is -4.55. The van der Waals surface area contributed by atoms with Gasteiger partial charge in [-0.3, -0.25) is 9.59 Å². The average molecular weight is 508 g/mol. The van der Waals surface area contributed by atoms with Crippen LogP contribution < -0.4 is 21.7 Å². The first-order chi connectivity index (χ1) is 17.7. The van der Waals surface area contributed by atoms with Gasteiger partial charge in [-0.1, -0.05) is 0 Å². The van der Waals surface area contributed by atoms with E-state index < -0.39 is 17.9 Å². The van der Waals surface area contributed by atoms with E-state index in [-0.39, 0.29) is 30.5 Å². The Balaban J connectivity index is 1.46. The van der Waals surface area contributed by atoms with Crippen LogP contribution in [0.2, 0.25) is 0 Å². The fourth-order valence-corrected chi connectivity index (χ4v) is 4.15. The Morgan fingerprint density at radius 2 is 1.97 bits per heavy atom. The Bertz CT molecular complexity index is 1360. The molecule has 0 radical (unpaired) electrons. The number of carbonyl (C=O) groups is 3. The molecule has 3 aromatic rings. The maximum atomic E-state index is 12.9. The van der Waals surface area contributed by atoms with Gasteiger partial charge in [0.2, 0.25) is 11.9 Å². The van der Waals surface area contributed by atoms with Crippen molar-refractivity contribution < 1.29 is 19.1 Å². The second-order valence-electron chi connectivity index (χ2n) is 8.89. The van der Waals surface area contributed by atoms with Crippen molar-refractivity contribution in [2.24, 2.45) is 0 Å². The summed E-state index contributed by atoms with van der Waals surface area (Å²) >= 11 is 0. The van der Waals surface area contributed by atoms with Crippen molar-refractivity contribution in [1.82, 2.24) is 30.2 Å². The SMILES string of the molecule is COC(=O)[C@H](CCC(=O)N(C)C)NC(=O)c1ccc2c(c1)CCN2Cc1cnc2nc(N)nc(N)c2n1. The summed E-state index contributed by atoms with van der Waals surface area (Å²) in [5.41, 5.74) is 15.4. The number of rotatable bonds is 8. The number of hydrogen-bond acceptors (Lipinski definition) is 11. The molecule has 13 nitrogen and oxygen atoms in total. The van der Waals surface area contributed by atoms with Crippen molar-refractivity contribution in [2.45, 2.75) is 31.8 Å². The number of ether oxygens (including phenoxy) is 1. The lowest BCUT2D eigenvalue weighted by Gasteiger charge is -2.20. The number of methoxy groups -OCH3 is 1. The average Bonchev–Trinajstić information content (AvgIpc) is 3.27. The zero-order valence-corrected chi connectivity index (χ0v) is 20.9. The summed E-state index contributed by atoms with van der Waals surface area (Å²) in [5, 5.41) is 2.70. The monoisotopic (exact) mass is 507 g/mol. The minimum Gasteiger partial charge on any atom is -0.467 e. The third-order valence-corrected chi connectivity index (χ3v) is 6.12. The fraction of sp³-hybridized carbons (Fsp3) is 0.375. The molecule has 13 heteroatoms. The molecule has 0 bridgehead atoms. The molecule has 1 atom stereocenters. The first kappa shape index (κ1) is 25.5. The number of anilines is 3. The van der Waals surface area contributed by atoms with Crippen LogP contribution in [0.4, 0.5) is 17.5 Å². The van der Waals surface area contributed by atoms with Gasteiger partial charge in [0, 0.05) is 38.3 Å². The Morgan fingerprint density at radius 1 is 1.19 bits per heavy atom. The zero-order chi connectivity index (χ0) is 26.7. The quantitative estimate of drug-likeness (QED) is 0.356. The van der Waals surface area contributed by atoms with Crippen molar-refractivity contribution >= 4 is 46.4 Å². The molecule has 4 rings (SSSR count). The molecule has 0 saturated heterocycles. The van der Waals surface area contributed by atoms with Gasteiger partial charge in [-0.25, -0.2) is 14.8 Å². The van der Waals surface area contributed by atoms with Crippen molar-refractivity contribution in [1.29, 1.82) is 0 Å². The van der Waals surface area contributed by atoms with E-state index in [2.05, 4.69) is 30.2 Å². The van der Waals surface area contributed by atoms with Crippen LogP contribution in [-0.4, -0.2) is 76.4 Å². The predicted octanol–water partition coefficient (Wildman–Crippen LogP) is 0.287. The van der Waals surface area contributed by atoms with Gasteiger partial charge >= 0.3 is 5.97 Å². The number of amides is 2. The molecular formula is C24H29N9O4. The Kier molecular flexibility index (Phi) is 7.32. The van der Waals surface area contributed by atoms with E-state index in [1.165, 1.54) is 12.0 Å². The maximum Gasteiger partial charge on any atom is 0.328 e. The van der Waals surface area contributed by atoms with Crippen LogP contribution in [0.15, 0.2) is 24.4 Å². The lowest BCUT2D eigenvalue weighted by molar-refractivity contribution is -0.143. The van der Waals surface area contributed by atoms with Gasteiger partial charge in [-0.05, 0) is 36.6 Å². The lowest BCUT2D eigenvalue weighted by Crippen LogP contribution is -2.42. The summed E-state index contributed by atoms with van der Waals surface area (Å²) in [6, 6.07) is 4.45. The molecule has 5 N–H and O–H groups in total. The van der Waals surface area contributed by atoms with Crippen molar-refractivity contribution in [3.63, 3.8) is 0 Å². The predicted molar refractivity (Wildman–Crippen MR) is 136 cm³/mol. The van der Waals surface area contributed by atoms with Gasteiger partial charge in [0.05, 0.1) is 25.5 Å². The molecule has 37 heavy (non-hydrogen) atoms. The van der Waals surface area contributed by atoms with E-state index in [0.717, 1.165) is 24.2 Å². The van der Waals surface area contributed by atoms with E-state index in [9.17, 15) is 14.4 Å². The highest BCUT2D eigenvalue weighted by Crippen LogP contribution is 2.30. The van der Waals surface area contributed by atoms with Gasteiger partial charge in [-0.2, -0.15) is 9.97 Å². The second-order valence-corrected chi connectivity index (χ2v) is 8.89. The highest BCUT2D eigenvalue weighted by molar-refractivity contribution is 5.97. The lowest BCUT2D eigenvalue weighted by atomic mass is 10.1. The first-order valence-electron chi connectivity index (χ1n) is 11.7. The summed E-state index contributed by atoms with van der Waals surface area (Å²) in [4.78, 5) is 57.5. The van der Waals surface area contributed by atoms with Crippen LogP contribution in [0.5, 0.6) is 0 Å². The summed E-state index contributed by atoms with van der Waals surface area (Å²) < 4.78 is 4.81. The fourth-order valence-electron chi connectivity index (χ4n) is 4.15. The minimum atomic E-state index is -0.926. The number of nitrogens with zero attached hydrogens (tertiary/aromatic N) is 6. The molecular weight excluding hydrogens is 478 g/mol. The third-order valence-electron chi connectivity index (χ3n) is 6.12. The number of esters is 1. The van der Waals surface area contributed by atoms with Crippen LogP contribution in [0.25, 0.3) is 11.2 Å². The van der Waals surface area contributed by atoms with Crippen molar-refractivity contribution in [2.75, 3.05) is 44.1 Å². The number of carbonyl (C=O) groups excluding carboxylic acids is 3. The number of benzene rings is 1. The number of fused-ring (bicyclic) bond motifs is 2. The molecule has 0 unspecified atom stereocenters.